The van der Waals surface area contributed by atoms with Crippen LogP contribution in [0.3, 0.4) is 0 Å². The largest absolute Gasteiger partial charge is 0.306 e. The second-order valence-electron chi connectivity index (χ2n) is 8.03. The number of halogens is 2. The van der Waals surface area contributed by atoms with Gasteiger partial charge in [0, 0.05) is 45.0 Å². The molecule has 4 heterocycles. The molecule has 9 heteroatoms. The van der Waals surface area contributed by atoms with Gasteiger partial charge in [0.15, 0.2) is 0 Å². The zero-order chi connectivity index (χ0) is 23.3. The van der Waals surface area contributed by atoms with Crippen molar-refractivity contribution in [1.82, 2.24) is 24.1 Å². The van der Waals surface area contributed by atoms with Crippen molar-refractivity contribution in [2.75, 3.05) is 0 Å². The van der Waals surface area contributed by atoms with Crippen LogP contribution in [0.15, 0.2) is 53.1 Å². The van der Waals surface area contributed by atoms with E-state index in [2.05, 4.69) is 38.0 Å². The summed E-state index contributed by atoms with van der Waals surface area (Å²) in [5.41, 5.74) is 6.80. The Morgan fingerprint density at radius 3 is 2.52 bits per heavy atom. The van der Waals surface area contributed by atoms with Gasteiger partial charge in [-0.1, -0.05) is 48.4 Å². The van der Waals surface area contributed by atoms with Crippen LogP contribution in [0.4, 0.5) is 0 Å². The first-order chi connectivity index (χ1) is 15.8. The summed E-state index contributed by atoms with van der Waals surface area (Å²) in [6, 6.07) is 9.67. The summed E-state index contributed by atoms with van der Waals surface area (Å²) >= 11 is 16.0. The number of nitrogens with zero attached hydrogens (tertiary/aromatic N) is 5. The Morgan fingerprint density at radius 2 is 1.79 bits per heavy atom. The molecular formula is C24H21Cl2N5S2. The van der Waals surface area contributed by atoms with Crippen LogP contribution >= 0.6 is 46.3 Å². The number of thioether (sulfide) groups is 1. The third kappa shape index (κ3) is 4.30. The van der Waals surface area contributed by atoms with Gasteiger partial charge in [0.25, 0.3) is 0 Å². The first-order valence-corrected chi connectivity index (χ1v) is 12.9. The number of thiazole rings is 1. The number of benzene rings is 1. The average Bonchev–Trinajstić information content (AvgIpc) is 3.43. The van der Waals surface area contributed by atoms with Crippen LogP contribution in [-0.4, -0.2) is 29.4 Å². The lowest BCUT2D eigenvalue weighted by Gasteiger charge is -2.05. The minimum absolute atomic E-state index is 0.429. The molecule has 0 aliphatic carbocycles. The number of aromatic nitrogens is 5. The van der Waals surface area contributed by atoms with Gasteiger partial charge in [0.1, 0.15) is 5.65 Å². The smallest absolute Gasteiger partial charge is 0.212 e. The van der Waals surface area contributed by atoms with Crippen molar-refractivity contribution in [3.63, 3.8) is 0 Å². The number of fused-ring (bicyclic) bond motifs is 1. The zero-order valence-corrected chi connectivity index (χ0v) is 21.6. The average molecular weight is 515 g/mol. The second kappa shape index (κ2) is 8.80. The molecule has 0 saturated heterocycles. The molecule has 33 heavy (non-hydrogen) atoms. The van der Waals surface area contributed by atoms with E-state index in [0.29, 0.717) is 15.3 Å². The lowest BCUT2D eigenvalue weighted by atomic mass is 10.0. The minimum atomic E-state index is 0.429. The monoisotopic (exact) mass is 513 g/mol. The van der Waals surface area contributed by atoms with Gasteiger partial charge in [0.2, 0.25) is 5.13 Å². The molecular weight excluding hydrogens is 493 g/mol. The Kier molecular flexibility index (Phi) is 5.99. The van der Waals surface area contributed by atoms with E-state index in [1.807, 2.05) is 52.2 Å². The Bertz CT molecular complexity index is 1460. The molecule has 0 spiro atoms. The molecule has 0 unspecified atom stereocenters. The highest BCUT2D eigenvalue weighted by atomic mass is 35.5. The molecule has 0 aliphatic rings. The fourth-order valence-corrected chi connectivity index (χ4v) is 6.92. The summed E-state index contributed by atoms with van der Waals surface area (Å²) in [6.07, 6.45) is 5.83. The second-order valence-corrected chi connectivity index (χ2v) is 11.7. The molecule has 168 valence electrons. The fourth-order valence-electron chi connectivity index (χ4n) is 3.87. The lowest BCUT2D eigenvalue weighted by molar-refractivity contribution is 0.826. The van der Waals surface area contributed by atoms with Gasteiger partial charge in [-0.05, 0) is 49.7 Å². The Labute approximate surface area is 210 Å². The summed E-state index contributed by atoms with van der Waals surface area (Å²) in [5.74, 6) is 0. The molecule has 5 aromatic rings. The van der Waals surface area contributed by atoms with Gasteiger partial charge in [-0.3, -0.25) is 0 Å². The number of hydrogen-bond donors (Lipinski definition) is 0. The maximum Gasteiger partial charge on any atom is 0.212 e. The number of imidazole rings is 1. The molecule has 5 rings (SSSR count). The van der Waals surface area contributed by atoms with E-state index in [1.54, 1.807) is 23.6 Å². The van der Waals surface area contributed by atoms with Crippen molar-refractivity contribution in [2.45, 2.75) is 37.2 Å². The van der Waals surface area contributed by atoms with Gasteiger partial charge in [-0.2, -0.15) is 5.10 Å². The van der Waals surface area contributed by atoms with Crippen molar-refractivity contribution in [3.8, 4) is 27.5 Å². The SMILES string of the molecule is Cc1nn(-c2nc(-c3ccc4nccn4c3)c(SC(C)C)s2)c(C)c1-c1cc(Cl)cc(Cl)c1. The first-order valence-electron chi connectivity index (χ1n) is 10.4. The number of pyridine rings is 1. The van der Waals surface area contributed by atoms with Gasteiger partial charge < -0.3 is 4.40 Å². The van der Waals surface area contributed by atoms with Crippen LogP contribution in [0.25, 0.3) is 33.2 Å². The van der Waals surface area contributed by atoms with E-state index >= 15 is 0 Å². The molecule has 0 fully saturated rings. The van der Waals surface area contributed by atoms with E-state index in [0.717, 1.165) is 44.6 Å². The quantitative estimate of drug-likeness (QED) is 0.225. The van der Waals surface area contributed by atoms with Gasteiger partial charge in [-0.25, -0.2) is 14.6 Å². The molecule has 0 radical (unpaired) electrons. The molecule has 4 aromatic heterocycles. The van der Waals surface area contributed by atoms with Crippen molar-refractivity contribution in [2.24, 2.45) is 0 Å². The van der Waals surface area contributed by atoms with Crippen molar-refractivity contribution < 1.29 is 0 Å². The van der Waals surface area contributed by atoms with Crippen LogP contribution in [-0.2, 0) is 0 Å². The number of hydrogen-bond acceptors (Lipinski definition) is 5. The maximum atomic E-state index is 6.27. The summed E-state index contributed by atoms with van der Waals surface area (Å²) < 4.78 is 5.11. The molecule has 0 aliphatic heterocycles. The van der Waals surface area contributed by atoms with Crippen LogP contribution in [0, 0.1) is 13.8 Å². The van der Waals surface area contributed by atoms with Gasteiger partial charge >= 0.3 is 0 Å². The van der Waals surface area contributed by atoms with E-state index in [4.69, 9.17) is 33.3 Å². The summed E-state index contributed by atoms with van der Waals surface area (Å²) in [5, 5.41) is 7.31. The van der Waals surface area contributed by atoms with E-state index in [1.165, 1.54) is 4.21 Å². The first kappa shape index (κ1) is 22.5. The normalized spacial score (nSPS) is 11.7. The highest BCUT2D eigenvalue weighted by Gasteiger charge is 2.21. The van der Waals surface area contributed by atoms with Crippen LogP contribution < -0.4 is 0 Å². The molecule has 0 bridgehead atoms. The molecule has 0 atom stereocenters. The van der Waals surface area contributed by atoms with Gasteiger partial charge in [0.05, 0.1) is 21.3 Å². The summed E-state index contributed by atoms with van der Waals surface area (Å²) in [7, 11) is 0. The zero-order valence-electron chi connectivity index (χ0n) is 18.5. The topological polar surface area (TPSA) is 48.0 Å². The minimum Gasteiger partial charge on any atom is -0.306 e. The molecule has 5 nitrogen and oxygen atoms in total. The van der Waals surface area contributed by atoms with E-state index < -0.39 is 0 Å². The third-order valence-corrected chi connectivity index (χ3v) is 7.89. The third-order valence-electron chi connectivity index (χ3n) is 5.21. The summed E-state index contributed by atoms with van der Waals surface area (Å²) in [6.45, 7) is 8.44. The van der Waals surface area contributed by atoms with Crippen LogP contribution in [0.2, 0.25) is 10.0 Å². The van der Waals surface area contributed by atoms with E-state index in [-0.39, 0.29) is 0 Å². The van der Waals surface area contributed by atoms with Crippen molar-refractivity contribution >= 4 is 51.9 Å². The summed E-state index contributed by atoms with van der Waals surface area (Å²) in [4.78, 5) is 9.40. The Hall–Kier alpha value is -2.32. The highest BCUT2D eigenvalue weighted by Crippen LogP contribution is 2.41. The predicted octanol–water partition coefficient (Wildman–Crippen LogP) is 7.73. The number of rotatable bonds is 5. The van der Waals surface area contributed by atoms with Crippen LogP contribution in [0.5, 0.6) is 0 Å². The standard InChI is InChI=1S/C24H21Cl2N5S2/c1-13(2)32-23-22(16-5-6-20-27-7-8-30(20)12-16)28-24(33-23)31-15(4)21(14(3)29-31)17-9-18(25)11-19(26)10-17/h5-13H,1-4H3. The number of aryl methyl sites for hydroxylation is 1. The molecule has 0 saturated carbocycles. The van der Waals surface area contributed by atoms with Crippen LogP contribution in [0.1, 0.15) is 25.2 Å². The molecule has 0 amide bonds. The van der Waals surface area contributed by atoms with E-state index in [9.17, 15) is 0 Å². The molecule has 1 aromatic carbocycles. The van der Waals surface area contributed by atoms with Crippen molar-refractivity contribution in [3.05, 3.63) is 70.4 Å². The van der Waals surface area contributed by atoms with Gasteiger partial charge in [-0.15, -0.1) is 11.8 Å². The predicted molar refractivity (Wildman–Crippen MR) is 139 cm³/mol. The molecule has 0 N–H and O–H groups in total. The fraction of sp³-hybridized carbons (Fsp3) is 0.208. The Morgan fingerprint density at radius 1 is 1.03 bits per heavy atom. The lowest BCUT2D eigenvalue weighted by Crippen LogP contribution is -1.98. The maximum absolute atomic E-state index is 6.27. The Balaban J connectivity index is 1.64. The van der Waals surface area contributed by atoms with Crippen molar-refractivity contribution in [1.29, 1.82) is 0 Å². The highest BCUT2D eigenvalue weighted by molar-refractivity contribution is 8.01.